The van der Waals surface area contributed by atoms with E-state index in [-0.39, 0.29) is 23.0 Å². The summed E-state index contributed by atoms with van der Waals surface area (Å²) in [4.78, 5) is 29.1. The van der Waals surface area contributed by atoms with Crippen molar-refractivity contribution in [2.45, 2.75) is 5.16 Å². The largest absolute Gasteiger partial charge is 0.495 e. The monoisotopic (exact) mass is 460 g/mol. The minimum atomic E-state index is -0.354. The van der Waals surface area contributed by atoms with Crippen molar-refractivity contribution in [1.82, 2.24) is 9.55 Å². The topological polar surface area (TPSA) is 99.2 Å². The number of rotatable bonds is 6. The number of ether oxygens (including phenoxy) is 1. The van der Waals surface area contributed by atoms with Crippen LogP contribution in [0.3, 0.4) is 0 Å². The number of amides is 1. The standard InChI is InChI=1S/C19H17BrN4O3S/c1-27-15-5-3-2-4-14(15)24-18(26)10-16(21)23-19(24)28-11-17(25)22-13-8-6-12(20)7-9-13/h2-10H,11,21H2,1H3,(H,22,25). The molecular formula is C19H17BrN4O3S. The van der Waals surface area contributed by atoms with Gasteiger partial charge >= 0.3 is 0 Å². The fourth-order valence-electron chi connectivity index (χ4n) is 2.47. The number of methoxy groups -OCH3 is 1. The molecule has 144 valence electrons. The number of nitrogens with one attached hydrogen (secondary N) is 1. The molecule has 0 atom stereocenters. The number of para-hydroxylation sites is 2. The van der Waals surface area contributed by atoms with Crippen LogP contribution in [-0.4, -0.2) is 28.3 Å². The number of thioether (sulfide) groups is 1. The van der Waals surface area contributed by atoms with E-state index in [1.54, 1.807) is 36.4 Å². The van der Waals surface area contributed by atoms with E-state index in [2.05, 4.69) is 26.2 Å². The first-order valence-electron chi connectivity index (χ1n) is 8.19. The number of aromatic nitrogens is 2. The van der Waals surface area contributed by atoms with Gasteiger partial charge in [-0.15, -0.1) is 0 Å². The van der Waals surface area contributed by atoms with E-state index >= 15 is 0 Å². The Hall–Kier alpha value is -2.78. The molecule has 0 saturated heterocycles. The summed E-state index contributed by atoms with van der Waals surface area (Å²) in [6.07, 6.45) is 0. The highest BCUT2D eigenvalue weighted by Crippen LogP contribution is 2.26. The number of nitrogens with two attached hydrogens (primary N) is 1. The van der Waals surface area contributed by atoms with Gasteiger partial charge in [0, 0.05) is 16.2 Å². The molecule has 0 saturated carbocycles. The van der Waals surface area contributed by atoms with Gasteiger partial charge in [-0.2, -0.15) is 0 Å². The van der Waals surface area contributed by atoms with Crippen molar-refractivity contribution in [2.24, 2.45) is 0 Å². The Morgan fingerprint density at radius 3 is 2.68 bits per heavy atom. The number of anilines is 2. The van der Waals surface area contributed by atoms with Gasteiger partial charge in [0.1, 0.15) is 11.6 Å². The first kappa shape index (κ1) is 20.0. The normalized spacial score (nSPS) is 10.5. The van der Waals surface area contributed by atoms with Crippen LogP contribution >= 0.6 is 27.7 Å². The summed E-state index contributed by atoms with van der Waals surface area (Å²) in [5, 5.41) is 3.10. The molecule has 1 amide bonds. The lowest BCUT2D eigenvalue weighted by atomic mass is 10.3. The summed E-state index contributed by atoms with van der Waals surface area (Å²) in [5.74, 6) is 0.432. The Kier molecular flexibility index (Phi) is 6.37. The highest BCUT2D eigenvalue weighted by molar-refractivity contribution is 9.10. The SMILES string of the molecule is COc1ccccc1-n1c(SCC(=O)Nc2ccc(Br)cc2)nc(N)cc1=O. The van der Waals surface area contributed by atoms with Crippen LogP contribution in [0.15, 0.2) is 69.0 Å². The van der Waals surface area contributed by atoms with E-state index in [9.17, 15) is 9.59 Å². The van der Waals surface area contributed by atoms with Crippen molar-refractivity contribution in [1.29, 1.82) is 0 Å². The van der Waals surface area contributed by atoms with Crippen molar-refractivity contribution in [2.75, 3.05) is 23.9 Å². The van der Waals surface area contributed by atoms with Crippen LogP contribution < -0.4 is 21.3 Å². The van der Waals surface area contributed by atoms with Gasteiger partial charge in [-0.3, -0.25) is 14.2 Å². The smallest absolute Gasteiger partial charge is 0.260 e. The van der Waals surface area contributed by atoms with Crippen molar-refractivity contribution in [3.63, 3.8) is 0 Å². The Labute approximate surface area is 174 Å². The average Bonchev–Trinajstić information content (AvgIpc) is 2.68. The highest BCUT2D eigenvalue weighted by atomic mass is 79.9. The number of benzene rings is 2. The predicted molar refractivity (Wildman–Crippen MR) is 114 cm³/mol. The van der Waals surface area contributed by atoms with E-state index < -0.39 is 0 Å². The van der Waals surface area contributed by atoms with Crippen LogP contribution in [0.2, 0.25) is 0 Å². The third-order valence-electron chi connectivity index (χ3n) is 3.69. The number of carbonyl (C=O) groups excluding carboxylic acids is 1. The number of nitrogen functional groups attached to an aromatic ring is 1. The van der Waals surface area contributed by atoms with Crippen LogP contribution in [-0.2, 0) is 4.79 Å². The molecule has 3 N–H and O–H groups in total. The number of carbonyl (C=O) groups is 1. The molecule has 0 radical (unpaired) electrons. The van der Waals surface area contributed by atoms with Gasteiger partial charge in [-0.25, -0.2) is 4.98 Å². The lowest BCUT2D eigenvalue weighted by molar-refractivity contribution is -0.113. The molecule has 3 aromatic rings. The first-order chi connectivity index (χ1) is 13.5. The zero-order chi connectivity index (χ0) is 20.1. The van der Waals surface area contributed by atoms with Crippen LogP contribution in [0.25, 0.3) is 5.69 Å². The van der Waals surface area contributed by atoms with Crippen LogP contribution in [0, 0.1) is 0 Å². The average molecular weight is 461 g/mol. The molecule has 0 fully saturated rings. The molecule has 0 bridgehead atoms. The Bertz CT molecular complexity index is 1050. The molecule has 28 heavy (non-hydrogen) atoms. The minimum Gasteiger partial charge on any atom is -0.495 e. The fourth-order valence-corrected chi connectivity index (χ4v) is 3.56. The van der Waals surface area contributed by atoms with Crippen molar-refractivity contribution in [3.05, 3.63) is 69.4 Å². The summed E-state index contributed by atoms with van der Waals surface area (Å²) in [5.41, 5.74) is 6.60. The molecule has 2 aromatic carbocycles. The zero-order valence-electron chi connectivity index (χ0n) is 14.9. The maximum Gasteiger partial charge on any atom is 0.260 e. The summed E-state index contributed by atoms with van der Waals surface area (Å²) in [6, 6.07) is 15.6. The van der Waals surface area contributed by atoms with Crippen LogP contribution in [0.5, 0.6) is 5.75 Å². The fraction of sp³-hybridized carbons (Fsp3) is 0.105. The third-order valence-corrected chi connectivity index (χ3v) is 5.16. The maximum atomic E-state index is 12.6. The molecular weight excluding hydrogens is 444 g/mol. The number of halogens is 1. The van der Waals surface area contributed by atoms with E-state index in [1.165, 1.54) is 17.7 Å². The second-order valence-electron chi connectivity index (χ2n) is 5.65. The molecule has 9 heteroatoms. The van der Waals surface area contributed by atoms with Crippen molar-refractivity contribution >= 4 is 45.1 Å². The quantitative estimate of drug-likeness (QED) is 0.432. The van der Waals surface area contributed by atoms with E-state index in [0.717, 1.165) is 16.2 Å². The minimum absolute atomic E-state index is 0.0567. The molecule has 0 spiro atoms. The van der Waals surface area contributed by atoms with Crippen LogP contribution in [0.1, 0.15) is 0 Å². The second-order valence-corrected chi connectivity index (χ2v) is 7.51. The molecule has 1 aromatic heterocycles. The molecule has 1 heterocycles. The van der Waals surface area contributed by atoms with Crippen molar-refractivity contribution in [3.8, 4) is 11.4 Å². The Balaban J connectivity index is 1.84. The summed E-state index contributed by atoms with van der Waals surface area (Å²) in [7, 11) is 1.52. The van der Waals surface area contributed by atoms with Gasteiger partial charge < -0.3 is 15.8 Å². The van der Waals surface area contributed by atoms with Gasteiger partial charge in [0.25, 0.3) is 5.56 Å². The molecule has 7 nitrogen and oxygen atoms in total. The Morgan fingerprint density at radius 1 is 1.25 bits per heavy atom. The summed E-state index contributed by atoms with van der Waals surface area (Å²) in [6.45, 7) is 0. The molecule has 0 aliphatic rings. The molecule has 0 aliphatic heterocycles. The molecule has 3 rings (SSSR count). The van der Waals surface area contributed by atoms with E-state index in [1.807, 2.05) is 12.1 Å². The van der Waals surface area contributed by atoms with Gasteiger partial charge in [-0.1, -0.05) is 39.8 Å². The summed E-state index contributed by atoms with van der Waals surface area (Å²) >= 11 is 4.46. The van der Waals surface area contributed by atoms with Crippen LogP contribution in [0.4, 0.5) is 11.5 Å². The van der Waals surface area contributed by atoms with Gasteiger partial charge in [0.2, 0.25) is 5.91 Å². The number of hydrogen-bond donors (Lipinski definition) is 2. The molecule has 0 unspecified atom stereocenters. The van der Waals surface area contributed by atoms with Gasteiger partial charge in [0.15, 0.2) is 5.16 Å². The van der Waals surface area contributed by atoms with Gasteiger partial charge in [-0.05, 0) is 36.4 Å². The zero-order valence-corrected chi connectivity index (χ0v) is 17.3. The Morgan fingerprint density at radius 2 is 1.96 bits per heavy atom. The summed E-state index contributed by atoms with van der Waals surface area (Å²) < 4.78 is 7.65. The first-order valence-corrected chi connectivity index (χ1v) is 9.97. The van der Waals surface area contributed by atoms with E-state index in [0.29, 0.717) is 22.3 Å². The number of nitrogens with zero attached hydrogens (tertiary/aromatic N) is 2. The highest BCUT2D eigenvalue weighted by Gasteiger charge is 2.15. The van der Waals surface area contributed by atoms with E-state index in [4.69, 9.17) is 10.5 Å². The molecule has 0 aliphatic carbocycles. The van der Waals surface area contributed by atoms with Gasteiger partial charge in [0.05, 0.1) is 18.6 Å². The number of hydrogen-bond acceptors (Lipinski definition) is 6. The lowest BCUT2D eigenvalue weighted by Gasteiger charge is -2.14. The predicted octanol–water partition coefficient (Wildman–Crippen LogP) is 3.32. The van der Waals surface area contributed by atoms with Crippen molar-refractivity contribution < 1.29 is 9.53 Å². The maximum absolute atomic E-state index is 12.6. The lowest BCUT2D eigenvalue weighted by Crippen LogP contribution is -2.23. The second kappa shape index (κ2) is 8.94. The third kappa shape index (κ3) is 4.73.